The SMILES string of the molecule is COC(=O)CCSC(SCCNC(=O)C(F)(F)F)c1ccc(OC)c2ccccc12. The summed E-state index contributed by atoms with van der Waals surface area (Å²) in [6, 6.07) is 11.4. The summed E-state index contributed by atoms with van der Waals surface area (Å²) >= 11 is 2.90. The number of carbonyl (C=O) groups excluding carboxylic acids is 2. The summed E-state index contributed by atoms with van der Waals surface area (Å²) in [7, 11) is 2.90. The molecule has 2 aromatic rings. The van der Waals surface area contributed by atoms with E-state index in [-0.39, 0.29) is 29.3 Å². The fourth-order valence-electron chi connectivity index (χ4n) is 2.69. The number of benzene rings is 2. The lowest BCUT2D eigenvalue weighted by molar-refractivity contribution is -0.173. The molecule has 0 radical (unpaired) electrons. The molecule has 30 heavy (non-hydrogen) atoms. The van der Waals surface area contributed by atoms with Crippen molar-refractivity contribution >= 4 is 46.2 Å². The van der Waals surface area contributed by atoms with Crippen molar-refractivity contribution in [3.8, 4) is 5.75 Å². The molecule has 0 spiro atoms. The van der Waals surface area contributed by atoms with Gasteiger partial charge in [0.2, 0.25) is 0 Å². The van der Waals surface area contributed by atoms with Crippen LogP contribution in [0.3, 0.4) is 0 Å². The number of carbonyl (C=O) groups is 2. The second-order valence-corrected chi connectivity index (χ2v) is 8.78. The summed E-state index contributed by atoms with van der Waals surface area (Å²) < 4.78 is 47.0. The highest BCUT2D eigenvalue weighted by Gasteiger charge is 2.38. The Morgan fingerprint density at radius 3 is 2.33 bits per heavy atom. The van der Waals surface area contributed by atoms with Crippen LogP contribution in [-0.4, -0.2) is 50.3 Å². The Labute approximate surface area is 181 Å². The highest BCUT2D eigenvalue weighted by atomic mass is 32.2. The Hall–Kier alpha value is -2.07. The zero-order valence-electron chi connectivity index (χ0n) is 16.5. The number of esters is 1. The molecule has 0 aliphatic heterocycles. The zero-order chi connectivity index (χ0) is 22.1. The number of methoxy groups -OCH3 is 2. The van der Waals surface area contributed by atoms with Crippen LogP contribution in [0.15, 0.2) is 36.4 Å². The van der Waals surface area contributed by atoms with E-state index >= 15 is 0 Å². The van der Waals surface area contributed by atoms with Crippen LogP contribution in [0.4, 0.5) is 13.2 Å². The number of nitrogens with one attached hydrogen (secondary N) is 1. The molecule has 5 nitrogen and oxygen atoms in total. The summed E-state index contributed by atoms with van der Waals surface area (Å²) in [5, 5.41) is 3.76. The second-order valence-electron chi connectivity index (χ2n) is 6.06. The van der Waals surface area contributed by atoms with Gasteiger partial charge >= 0.3 is 18.1 Å². The molecule has 2 aromatic carbocycles. The maximum atomic E-state index is 12.3. The van der Waals surface area contributed by atoms with Gasteiger partial charge in [-0.05, 0) is 17.0 Å². The first kappa shape index (κ1) is 24.2. The second kappa shape index (κ2) is 11.4. The molecule has 0 fully saturated rings. The third-order valence-corrected chi connectivity index (χ3v) is 6.92. The fourth-order valence-corrected chi connectivity index (χ4v) is 5.35. The lowest BCUT2D eigenvalue weighted by atomic mass is 10.0. The predicted octanol–water partition coefficient (Wildman–Crippen LogP) is 4.56. The quantitative estimate of drug-likeness (QED) is 0.318. The van der Waals surface area contributed by atoms with Gasteiger partial charge in [-0.3, -0.25) is 9.59 Å². The standard InChI is InChI=1S/C20H22F3NO4S2/c1-27-16-8-7-15(13-5-3-4-6-14(13)16)18(29-11-9-17(25)28-2)30-12-10-24-19(26)20(21,22)23/h3-8,18H,9-12H2,1-2H3,(H,24,26). The Morgan fingerprint density at radius 2 is 1.70 bits per heavy atom. The summed E-state index contributed by atoms with van der Waals surface area (Å²) in [5.74, 6) is -0.802. The Morgan fingerprint density at radius 1 is 1.03 bits per heavy atom. The van der Waals surface area contributed by atoms with Gasteiger partial charge in [0.15, 0.2) is 0 Å². The number of rotatable bonds is 10. The normalized spacial score (nSPS) is 12.4. The first-order valence-electron chi connectivity index (χ1n) is 8.98. The van der Waals surface area contributed by atoms with Gasteiger partial charge in [-0.15, -0.1) is 23.5 Å². The lowest BCUT2D eigenvalue weighted by Gasteiger charge is -2.20. The zero-order valence-corrected chi connectivity index (χ0v) is 18.1. The maximum Gasteiger partial charge on any atom is 0.471 e. The Kier molecular flexibility index (Phi) is 9.16. The Bertz CT molecular complexity index is 877. The van der Waals surface area contributed by atoms with Crippen LogP contribution in [-0.2, 0) is 14.3 Å². The number of ether oxygens (including phenoxy) is 2. The highest BCUT2D eigenvalue weighted by Crippen LogP contribution is 2.44. The van der Waals surface area contributed by atoms with Crippen molar-refractivity contribution in [2.45, 2.75) is 17.2 Å². The van der Waals surface area contributed by atoms with Crippen LogP contribution >= 0.6 is 23.5 Å². The van der Waals surface area contributed by atoms with Gasteiger partial charge in [0, 0.05) is 23.4 Å². The lowest BCUT2D eigenvalue weighted by Crippen LogP contribution is -2.37. The predicted molar refractivity (Wildman–Crippen MR) is 114 cm³/mol. The molecule has 2 rings (SSSR count). The third-order valence-electron chi connectivity index (χ3n) is 4.11. The smallest absolute Gasteiger partial charge is 0.471 e. The molecule has 1 atom stereocenters. The van der Waals surface area contributed by atoms with Gasteiger partial charge in [0.1, 0.15) is 5.75 Å². The topological polar surface area (TPSA) is 64.6 Å². The molecule has 164 valence electrons. The van der Waals surface area contributed by atoms with E-state index in [9.17, 15) is 22.8 Å². The molecule has 10 heteroatoms. The minimum atomic E-state index is -4.90. The number of halogens is 3. The van der Waals surface area contributed by atoms with Gasteiger partial charge in [0.05, 0.1) is 25.2 Å². The molecule has 1 amide bonds. The number of fused-ring (bicyclic) bond motifs is 1. The van der Waals surface area contributed by atoms with Crippen LogP contribution < -0.4 is 10.1 Å². The monoisotopic (exact) mass is 461 g/mol. The van der Waals surface area contributed by atoms with Crippen LogP contribution in [0.2, 0.25) is 0 Å². The summed E-state index contributed by atoms with van der Waals surface area (Å²) in [5.41, 5.74) is 0.966. The number of amides is 1. The summed E-state index contributed by atoms with van der Waals surface area (Å²) in [6.07, 6.45) is -4.68. The largest absolute Gasteiger partial charge is 0.496 e. The van der Waals surface area contributed by atoms with E-state index < -0.39 is 12.1 Å². The molecule has 0 bridgehead atoms. The van der Waals surface area contributed by atoms with Crippen molar-refractivity contribution < 1.29 is 32.2 Å². The highest BCUT2D eigenvalue weighted by molar-refractivity contribution is 8.16. The number of hydrogen-bond donors (Lipinski definition) is 1. The molecular weight excluding hydrogens is 439 g/mol. The van der Waals surface area contributed by atoms with Crippen LogP contribution in [0.25, 0.3) is 10.8 Å². The molecule has 0 heterocycles. The summed E-state index contributed by atoms with van der Waals surface area (Å²) in [6.45, 7) is -0.120. The average molecular weight is 462 g/mol. The van der Waals surface area contributed by atoms with E-state index in [1.54, 1.807) is 7.11 Å². The minimum absolute atomic E-state index is 0.120. The number of hydrogen-bond acceptors (Lipinski definition) is 6. The molecule has 0 aliphatic rings. The fraction of sp³-hybridized carbons (Fsp3) is 0.400. The van der Waals surface area contributed by atoms with Crippen molar-refractivity contribution in [1.29, 1.82) is 0 Å². The molecule has 0 aliphatic carbocycles. The van der Waals surface area contributed by atoms with E-state index in [1.807, 2.05) is 41.7 Å². The van der Waals surface area contributed by atoms with Gasteiger partial charge in [-0.25, -0.2) is 0 Å². The average Bonchev–Trinajstić information content (AvgIpc) is 2.73. The number of alkyl halides is 3. The van der Waals surface area contributed by atoms with Gasteiger partial charge < -0.3 is 14.8 Å². The van der Waals surface area contributed by atoms with Crippen LogP contribution in [0, 0.1) is 0 Å². The minimum Gasteiger partial charge on any atom is -0.496 e. The van der Waals surface area contributed by atoms with Crippen LogP contribution in [0.5, 0.6) is 5.75 Å². The first-order valence-corrected chi connectivity index (χ1v) is 11.1. The van der Waals surface area contributed by atoms with Gasteiger partial charge in [-0.2, -0.15) is 13.2 Å². The maximum absolute atomic E-state index is 12.3. The van der Waals surface area contributed by atoms with E-state index in [0.717, 1.165) is 22.1 Å². The molecular formula is C20H22F3NO4S2. The molecule has 1 unspecified atom stereocenters. The van der Waals surface area contributed by atoms with Crippen molar-refractivity contribution in [2.24, 2.45) is 0 Å². The van der Waals surface area contributed by atoms with Crippen molar-refractivity contribution in [2.75, 3.05) is 32.3 Å². The Balaban J connectivity index is 2.16. The van der Waals surface area contributed by atoms with E-state index in [2.05, 4.69) is 4.74 Å². The first-order chi connectivity index (χ1) is 14.3. The summed E-state index contributed by atoms with van der Waals surface area (Å²) in [4.78, 5) is 22.4. The van der Waals surface area contributed by atoms with Gasteiger partial charge in [0.25, 0.3) is 0 Å². The van der Waals surface area contributed by atoms with Crippen LogP contribution in [0.1, 0.15) is 16.6 Å². The molecule has 0 saturated heterocycles. The third kappa shape index (κ3) is 6.73. The van der Waals surface area contributed by atoms with E-state index in [0.29, 0.717) is 5.75 Å². The van der Waals surface area contributed by atoms with Crippen molar-refractivity contribution in [3.05, 3.63) is 42.0 Å². The van der Waals surface area contributed by atoms with Gasteiger partial charge in [-0.1, -0.05) is 30.3 Å². The molecule has 0 saturated carbocycles. The van der Waals surface area contributed by atoms with E-state index in [4.69, 9.17) is 4.74 Å². The van der Waals surface area contributed by atoms with Crippen molar-refractivity contribution in [3.63, 3.8) is 0 Å². The van der Waals surface area contributed by atoms with E-state index in [1.165, 1.54) is 30.6 Å². The van der Waals surface area contributed by atoms with Crippen molar-refractivity contribution in [1.82, 2.24) is 5.32 Å². The molecule has 1 N–H and O–H groups in total. The molecule has 0 aromatic heterocycles. The number of thioether (sulfide) groups is 2.